The Morgan fingerprint density at radius 1 is 0.200 bits per heavy atom. The number of hydrogen-bond acceptors (Lipinski definition) is 5. The van der Waals surface area contributed by atoms with E-state index in [1.165, 1.54) is 121 Å². The molecule has 2 spiro atoms. The predicted molar refractivity (Wildman–Crippen MR) is 545 cm³/mol. The van der Waals surface area contributed by atoms with E-state index in [9.17, 15) is 0 Å². The molecule has 27 rings (SSSR count). The fourth-order valence-corrected chi connectivity index (χ4v) is 27.3. The first-order valence-electron chi connectivity index (χ1n) is 45.3. The van der Waals surface area contributed by atoms with Crippen molar-refractivity contribution in [2.45, 2.75) is 23.9 Å². The highest BCUT2D eigenvalue weighted by Crippen LogP contribution is 2.67. The maximum absolute atomic E-state index is 7.86. The Morgan fingerprint density at radius 3 is 0.985 bits per heavy atom. The van der Waals surface area contributed by atoms with Gasteiger partial charge in [-0.3, -0.25) is 0 Å². The zero-order valence-electron chi connectivity index (χ0n) is 71.6. The third-order valence-corrected chi connectivity index (χ3v) is 32.6. The highest BCUT2D eigenvalue weighted by atomic mass is 28.3. The first-order chi connectivity index (χ1) is 64.2. The molecule has 0 saturated heterocycles. The van der Waals surface area contributed by atoms with Gasteiger partial charge in [0.05, 0.1) is 10.8 Å². The number of para-hydroxylation sites is 7. The summed E-state index contributed by atoms with van der Waals surface area (Å²) < 4.78 is 7.86. The van der Waals surface area contributed by atoms with Crippen LogP contribution in [0.15, 0.2) is 465 Å². The summed E-state index contributed by atoms with van der Waals surface area (Å²) in [6, 6.07) is 173. The van der Waals surface area contributed by atoms with E-state index in [4.69, 9.17) is 4.42 Å². The average molecular weight is 1670 g/mol. The summed E-state index contributed by atoms with van der Waals surface area (Å²) >= 11 is 0. The van der Waals surface area contributed by atoms with Gasteiger partial charge in [-0.05, 0) is 307 Å². The highest BCUT2D eigenvalue weighted by Gasteiger charge is 2.55. The van der Waals surface area contributed by atoms with Crippen molar-refractivity contribution in [1.29, 1.82) is 0 Å². The molecule has 608 valence electrons. The minimum atomic E-state index is -2.36. The quantitative estimate of drug-likeness (QED) is 0.107. The molecule has 22 aromatic rings. The lowest BCUT2D eigenvalue weighted by Gasteiger charge is -2.42. The number of hydrogen-bond donors (Lipinski definition) is 0. The second kappa shape index (κ2) is 28.3. The zero-order valence-corrected chi connectivity index (χ0v) is 72.6. The maximum atomic E-state index is 7.86. The third-order valence-electron chi connectivity index (χ3n) is 29.1. The van der Waals surface area contributed by atoms with Crippen molar-refractivity contribution >= 4 is 141 Å². The molecule has 0 bridgehead atoms. The smallest absolute Gasteiger partial charge is 0.143 e. The molecule has 0 amide bonds. The average Bonchev–Trinajstić information content (AvgIpc) is 1.48. The fourth-order valence-electron chi connectivity index (χ4n) is 23.8. The fraction of sp³-hybridized carbons (Fsp3) is 0.0323. The summed E-state index contributed by atoms with van der Waals surface area (Å²) in [5.41, 5.74) is 38.0. The largest absolute Gasteiger partial charge is 0.455 e. The number of rotatable bonds is 13. The maximum Gasteiger partial charge on any atom is 0.143 e. The molecule has 0 fully saturated rings. The molecule has 0 saturated carbocycles. The van der Waals surface area contributed by atoms with Crippen molar-refractivity contribution in [3.63, 3.8) is 0 Å². The van der Waals surface area contributed by atoms with Crippen LogP contribution in [0.2, 0.25) is 13.1 Å². The van der Waals surface area contributed by atoms with Gasteiger partial charge in [-0.1, -0.05) is 310 Å². The van der Waals surface area contributed by atoms with Gasteiger partial charge in [0, 0.05) is 90.0 Å². The van der Waals surface area contributed by atoms with Crippen molar-refractivity contribution in [1.82, 2.24) is 0 Å². The summed E-state index contributed by atoms with van der Waals surface area (Å²) in [4.78, 5) is 9.74. The van der Waals surface area contributed by atoms with Gasteiger partial charge in [-0.25, -0.2) is 0 Å². The number of benzene rings is 21. The van der Waals surface area contributed by atoms with E-state index in [1.807, 2.05) is 0 Å². The van der Waals surface area contributed by atoms with Crippen LogP contribution in [0.5, 0.6) is 0 Å². The number of anilines is 12. The molecular weight excluding hydrogens is 1590 g/mol. The zero-order chi connectivity index (χ0) is 85.7. The van der Waals surface area contributed by atoms with Crippen LogP contribution >= 0.6 is 0 Å². The molecule has 21 aromatic carbocycles. The molecule has 2 heterocycles. The molecular formula is C124H82N4OSi. The van der Waals surface area contributed by atoms with E-state index in [0.717, 1.165) is 123 Å². The van der Waals surface area contributed by atoms with Gasteiger partial charge in [0.1, 0.15) is 19.2 Å². The van der Waals surface area contributed by atoms with Crippen LogP contribution in [-0.2, 0) is 10.8 Å². The number of furan rings is 1. The van der Waals surface area contributed by atoms with E-state index in [0.29, 0.717) is 0 Å². The monoisotopic (exact) mass is 1670 g/mol. The van der Waals surface area contributed by atoms with E-state index < -0.39 is 18.9 Å². The lowest BCUT2D eigenvalue weighted by atomic mass is 9.61. The molecule has 5 nitrogen and oxygen atoms in total. The Labute approximate surface area is 755 Å². The predicted octanol–water partition coefficient (Wildman–Crippen LogP) is 32.1. The minimum absolute atomic E-state index is 0.776. The van der Waals surface area contributed by atoms with Crippen molar-refractivity contribution in [2.24, 2.45) is 0 Å². The van der Waals surface area contributed by atoms with Gasteiger partial charge in [0.25, 0.3) is 0 Å². The van der Waals surface area contributed by atoms with Crippen molar-refractivity contribution in [2.75, 3.05) is 19.6 Å². The lowest BCUT2D eigenvalue weighted by Crippen LogP contribution is -2.51. The van der Waals surface area contributed by atoms with Gasteiger partial charge in [-0.2, -0.15) is 0 Å². The van der Waals surface area contributed by atoms with E-state index in [2.05, 4.69) is 494 Å². The second-order valence-corrected chi connectivity index (χ2v) is 40.3. The van der Waals surface area contributed by atoms with Gasteiger partial charge in [0.15, 0.2) is 0 Å². The van der Waals surface area contributed by atoms with Gasteiger partial charge in [-0.15, -0.1) is 0 Å². The molecule has 130 heavy (non-hydrogen) atoms. The van der Waals surface area contributed by atoms with Crippen LogP contribution in [0.4, 0.5) is 68.2 Å². The molecule has 1 aliphatic heterocycles. The highest BCUT2D eigenvalue weighted by molar-refractivity contribution is 7.04. The Morgan fingerprint density at radius 2 is 0.531 bits per heavy atom. The Kier molecular flexibility index (Phi) is 16.1. The van der Waals surface area contributed by atoms with E-state index >= 15 is 0 Å². The van der Waals surface area contributed by atoms with Crippen LogP contribution in [0.3, 0.4) is 0 Å². The molecule has 1 unspecified atom stereocenters. The Hall–Kier alpha value is -16.4. The minimum Gasteiger partial charge on any atom is -0.455 e. The summed E-state index contributed by atoms with van der Waals surface area (Å²) in [6.45, 7) is 5.18. The van der Waals surface area contributed by atoms with Crippen LogP contribution in [0.1, 0.15) is 44.5 Å². The van der Waals surface area contributed by atoms with Crippen molar-refractivity contribution < 1.29 is 4.42 Å². The number of nitrogens with zero attached hydrogens (tertiary/aromatic N) is 4. The van der Waals surface area contributed by atoms with Gasteiger partial charge in [0.2, 0.25) is 0 Å². The van der Waals surface area contributed by atoms with Crippen LogP contribution in [0.25, 0.3) is 121 Å². The first-order valence-corrected chi connectivity index (χ1v) is 48.3. The van der Waals surface area contributed by atoms with Crippen molar-refractivity contribution in [3.8, 4) is 66.8 Å². The molecule has 0 N–H and O–H groups in total. The Bertz CT molecular complexity index is 8200. The van der Waals surface area contributed by atoms with Gasteiger partial charge < -0.3 is 24.0 Å². The normalized spacial score (nSPS) is 14.4. The number of fused-ring (bicyclic) bond motifs is 28. The Balaban J connectivity index is 0.631. The molecule has 5 aliphatic rings. The van der Waals surface area contributed by atoms with Crippen LogP contribution in [-0.4, -0.2) is 8.07 Å². The van der Waals surface area contributed by atoms with Gasteiger partial charge >= 0.3 is 0 Å². The van der Waals surface area contributed by atoms with Crippen LogP contribution in [0, 0.1) is 0 Å². The second-order valence-electron chi connectivity index (χ2n) is 36.0. The topological polar surface area (TPSA) is 26.1 Å². The van der Waals surface area contributed by atoms with Crippen LogP contribution < -0.4 is 30.0 Å². The third kappa shape index (κ3) is 10.5. The standard InChI is InChI=1S/C124H82N4OSi/c1-130(2)115-56-25-24-51-101(115)104-70-72-110-119(122(104)130)106-53-28-32-80-34-30-55-108(117(80)106)124(110)113-77-94(127(88-44-18-7-19-45-88)89-46-20-8-21-47-89)61-67-99(113)100-68-62-95(78-114(100)124)128(90-48-22-9-23-49-90)91-50-26-35-81(74-91)82-57-63-96-83(73-82)58-64-102-103-69-71-109-118(121(103)129-120(96)102)105-52-27-31-79-33-29-54-107(116(79)105)123(109)111-75-92(125(84-36-10-3-11-37-84)85-38-12-4-13-39-85)59-65-97(111)98-66-60-93(76-112(98)123)126(86-40-14-5-15-41-86)87-42-16-6-17-43-87/h3-78H,1-2H3. The van der Waals surface area contributed by atoms with E-state index in [1.54, 1.807) is 0 Å². The summed E-state index contributed by atoms with van der Waals surface area (Å²) in [5, 5.41) is 12.3. The molecule has 6 heteroatoms. The molecule has 1 atom stereocenters. The lowest BCUT2D eigenvalue weighted by molar-refractivity contribution is 0.670. The first kappa shape index (κ1) is 73.9. The SMILES string of the molecule is C[Si]1(C)c2ccccc2-c2ccc3c(c21)-c1cccc2cccc(c12)C31c2cc(N(c3ccccc3)c3ccccc3)ccc2-c2ccc(N(c3ccccc3)c3cccc(-c4ccc5c(ccc6c7ccc8c(c7oc56)-c5cccc6cccc(c56)C85c6cc(N(c7ccccc7)c7ccccc7)ccc6-c6ccc(N(c7ccccc7)c7ccccc7)cc65)c4)c3)cc21. The molecule has 0 radical (unpaired) electrons. The van der Waals surface area contributed by atoms with E-state index in [-0.39, 0.29) is 0 Å². The summed E-state index contributed by atoms with van der Waals surface area (Å²) in [7, 11) is -2.36. The summed E-state index contributed by atoms with van der Waals surface area (Å²) in [6.07, 6.45) is 0. The summed E-state index contributed by atoms with van der Waals surface area (Å²) in [5.74, 6) is 0. The van der Waals surface area contributed by atoms with Crippen molar-refractivity contribution in [3.05, 3.63) is 506 Å². The molecule has 4 aliphatic carbocycles. The molecule has 1 aromatic heterocycles.